The molecule has 0 radical (unpaired) electrons. The quantitative estimate of drug-likeness (QED) is 0.170. The Balaban J connectivity index is 1.18. The van der Waals surface area contributed by atoms with Crippen molar-refractivity contribution < 1.29 is 0 Å². The number of hydrogen-bond acceptors (Lipinski definition) is 2. The van der Waals surface area contributed by atoms with E-state index in [1.54, 1.807) is 0 Å². The minimum Gasteiger partial charge on any atom is -0.355 e. The average Bonchev–Trinajstić information content (AvgIpc) is 4.05. The molecule has 0 saturated heterocycles. The number of nitrogens with one attached hydrogen (secondary N) is 1. The van der Waals surface area contributed by atoms with Crippen LogP contribution in [0.15, 0.2) is 182 Å². The zero-order valence-corrected chi connectivity index (χ0v) is 34.6. The van der Waals surface area contributed by atoms with Crippen LogP contribution in [-0.4, -0.2) is 7.28 Å². The van der Waals surface area contributed by atoms with E-state index in [1.165, 1.54) is 83.3 Å². The van der Waals surface area contributed by atoms with Gasteiger partial charge >= 0.3 is 0 Å². The molecule has 1 atom stereocenters. The molecule has 1 heterocycles. The molecule has 0 aromatic heterocycles. The van der Waals surface area contributed by atoms with Crippen molar-refractivity contribution in [2.24, 2.45) is 0 Å². The molecule has 60 heavy (non-hydrogen) atoms. The molecule has 0 fully saturated rings. The van der Waals surface area contributed by atoms with Crippen LogP contribution in [0.1, 0.15) is 72.6 Å². The third-order valence-electron chi connectivity index (χ3n) is 14.1. The second-order valence-electron chi connectivity index (χ2n) is 18.1. The fourth-order valence-electron chi connectivity index (χ4n) is 11.1. The highest BCUT2D eigenvalue weighted by Crippen LogP contribution is 2.65. The zero-order chi connectivity index (χ0) is 40.3. The Bertz CT molecular complexity index is 3050. The first-order valence-electron chi connectivity index (χ1n) is 21.4. The van der Waals surface area contributed by atoms with E-state index < -0.39 is 0 Å². The van der Waals surface area contributed by atoms with Crippen molar-refractivity contribution in [3.05, 3.63) is 221 Å². The van der Waals surface area contributed by atoms with Gasteiger partial charge < -0.3 is 10.2 Å². The summed E-state index contributed by atoms with van der Waals surface area (Å²) in [6.45, 7) is 9.65. The van der Waals surface area contributed by atoms with Crippen LogP contribution in [0, 0.1) is 0 Å². The summed E-state index contributed by atoms with van der Waals surface area (Å²) in [4.78, 5) is 2.45. The minimum atomic E-state index is -0.209. The minimum absolute atomic E-state index is 0.191. The molecule has 4 aliphatic rings. The molecule has 8 aromatic carbocycles. The molecule has 286 valence electrons. The van der Waals surface area contributed by atoms with Gasteiger partial charge in [0.2, 0.25) is 0 Å². The molecule has 3 heteroatoms. The van der Waals surface area contributed by atoms with Gasteiger partial charge in [0.15, 0.2) is 7.28 Å². The summed E-state index contributed by atoms with van der Waals surface area (Å²) in [6, 6.07) is 67.8. The maximum Gasteiger partial charge on any atom is 0.194 e. The first kappa shape index (κ1) is 35.1. The largest absolute Gasteiger partial charge is 0.355 e. The summed E-state index contributed by atoms with van der Waals surface area (Å²) in [5.74, 6) is 0.292. The fourth-order valence-corrected chi connectivity index (χ4v) is 11.1. The molecule has 3 aliphatic carbocycles. The molecule has 1 N–H and O–H groups in total. The molecule has 8 aromatic rings. The lowest BCUT2D eigenvalue weighted by molar-refractivity contribution is 0.521. The van der Waals surface area contributed by atoms with E-state index in [0.717, 1.165) is 35.7 Å². The molecule has 1 unspecified atom stereocenters. The maximum atomic E-state index is 4.00. The predicted molar refractivity (Wildman–Crippen MR) is 255 cm³/mol. The fraction of sp³-hybridized carbons (Fsp3) is 0.123. The average molecular weight is 769 g/mol. The van der Waals surface area contributed by atoms with Crippen LogP contribution in [0.25, 0.3) is 33.4 Å². The third kappa shape index (κ3) is 5.08. The van der Waals surface area contributed by atoms with Crippen LogP contribution >= 0.6 is 0 Å². The number of fused-ring (bicyclic) bond motifs is 8. The second-order valence-corrected chi connectivity index (χ2v) is 18.1. The van der Waals surface area contributed by atoms with Crippen molar-refractivity contribution in [3.63, 3.8) is 0 Å². The number of rotatable bonds is 6. The van der Waals surface area contributed by atoms with Crippen LogP contribution in [-0.2, 0) is 10.8 Å². The predicted octanol–water partition coefficient (Wildman–Crippen LogP) is 12.9. The molecular weight excluding hydrogens is 723 g/mol. The summed E-state index contributed by atoms with van der Waals surface area (Å²) in [7, 11) is 0.853. The Morgan fingerprint density at radius 2 is 1.02 bits per heavy atom. The van der Waals surface area contributed by atoms with Crippen molar-refractivity contribution in [1.29, 1.82) is 0 Å². The molecule has 1 aliphatic heterocycles. The van der Waals surface area contributed by atoms with Crippen LogP contribution in [0.4, 0.5) is 28.4 Å². The number of anilines is 5. The van der Waals surface area contributed by atoms with Gasteiger partial charge in [-0.1, -0.05) is 160 Å². The van der Waals surface area contributed by atoms with Crippen molar-refractivity contribution in [2.45, 2.75) is 44.4 Å². The SMILES string of the molecule is CC1(C)c2ccccc2C(C)(C)c2cc(-c3cc(N(c4ccccc4)c4ccccc4)cc4c3Bc3cccc5c3C3=C4C3c3ccccc3-5)c(Nc3ccccc3)cc21. The summed E-state index contributed by atoms with van der Waals surface area (Å²) >= 11 is 0. The first-order chi connectivity index (χ1) is 29.3. The van der Waals surface area contributed by atoms with Crippen molar-refractivity contribution >= 4 is 57.8 Å². The lowest BCUT2D eigenvalue weighted by Gasteiger charge is -2.44. The zero-order valence-electron chi connectivity index (χ0n) is 34.6. The number of allylic oxidation sites excluding steroid dienone is 2. The van der Waals surface area contributed by atoms with Gasteiger partial charge in [-0.05, 0) is 127 Å². The van der Waals surface area contributed by atoms with Gasteiger partial charge in [-0.15, -0.1) is 0 Å². The van der Waals surface area contributed by atoms with E-state index in [-0.39, 0.29) is 10.8 Å². The van der Waals surface area contributed by atoms with Crippen LogP contribution < -0.4 is 21.1 Å². The highest BCUT2D eigenvalue weighted by atomic mass is 15.1. The summed E-state index contributed by atoms with van der Waals surface area (Å²) < 4.78 is 0. The smallest absolute Gasteiger partial charge is 0.194 e. The van der Waals surface area contributed by atoms with E-state index in [4.69, 9.17) is 0 Å². The lowest BCUT2D eigenvalue weighted by atomic mass is 9.56. The van der Waals surface area contributed by atoms with Crippen molar-refractivity contribution in [2.75, 3.05) is 10.2 Å². The van der Waals surface area contributed by atoms with Crippen LogP contribution in [0.2, 0.25) is 0 Å². The van der Waals surface area contributed by atoms with Gasteiger partial charge in [0.25, 0.3) is 0 Å². The van der Waals surface area contributed by atoms with E-state index in [0.29, 0.717) is 5.92 Å². The Labute approximate surface area is 354 Å². The van der Waals surface area contributed by atoms with Gasteiger partial charge in [0.05, 0.1) is 0 Å². The Hall–Kier alpha value is -6.84. The molecule has 0 amide bonds. The summed E-state index contributed by atoms with van der Waals surface area (Å²) in [5, 5.41) is 4.00. The number of hydrogen-bond donors (Lipinski definition) is 1. The van der Waals surface area contributed by atoms with Crippen LogP contribution in [0.3, 0.4) is 0 Å². The van der Waals surface area contributed by atoms with Crippen molar-refractivity contribution in [3.8, 4) is 22.3 Å². The van der Waals surface area contributed by atoms with Crippen LogP contribution in [0.5, 0.6) is 0 Å². The molecule has 0 saturated carbocycles. The van der Waals surface area contributed by atoms with Gasteiger partial charge in [-0.2, -0.15) is 0 Å². The van der Waals surface area contributed by atoms with Crippen molar-refractivity contribution in [1.82, 2.24) is 0 Å². The highest BCUT2D eigenvalue weighted by Gasteiger charge is 2.49. The summed E-state index contributed by atoms with van der Waals surface area (Å²) in [5.41, 5.74) is 26.1. The number of para-hydroxylation sites is 3. The van der Waals surface area contributed by atoms with Gasteiger partial charge in [-0.25, -0.2) is 0 Å². The van der Waals surface area contributed by atoms with Gasteiger partial charge in [0, 0.05) is 50.7 Å². The van der Waals surface area contributed by atoms with E-state index in [1.807, 2.05) is 0 Å². The molecular formula is C57H45BN2. The Morgan fingerprint density at radius 3 is 1.70 bits per heavy atom. The van der Waals surface area contributed by atoms with E-state index in [2.05, 4.69) is 220 Å². The monoisotopic (exact) mass is 768 g/mol. The summed E-state index contributed by atoms with van der Waals surface area (Å²) in [6.07, 6.45) is 0. The number of benzene rings is 8. The molecule has 0 spiro atoms. The standard InChI is InChI=1S/C57H45BN2/c1-56(2)45-28-16-17-29-46(45)57(3,4)48-34-50(59-35-19-8-5-9-20-35)42(33-47(48)56)43-31-38(60(36-21-10-6-11-22-36)37-23-12-7-13-24-37)32-44-53-52-41-26-15-14-25-39(41)40-27-18-30-49(58-55(43)44)51(40)54(52)53/h5-34,52,58-59H,1-4H3. The third-order valence-corrected chi connectivity index (χ3v) is 14.1. The van der Waals surface area contributed by atoms with E-state index in [9.17, 15) is 0 Å². The molecule has 12 rings (SSSR count). The van der Waals surface area contributed by atoms with E-state index >= 15 is 0 Å². The first-order valence-corrected chi connectivity index (χ1v) is 21.4. The van der Waals surface area contributed by atoms with Gasteiger partial charge in [0.1, 0.15) is 0 Å². The Morgan fingerprint density at radius 1 is 0.450 bits per heavy atom. The lowest BCUT2D eigenvalue weighted by Crippen LogP contribution is -2.37. The normalized spacial score (nSPS) is 16.5. The maximum absolute atomic E-state index is 4.00. The highest BCUT2D eigenvalue weighted by molar-refractivity contribution is 6.72. The second kappa shape index (κ2) is 12.8. The Kier molecular flexibility index (Phi) is 7.51. The topological polar surface area (TPSA) is 15.3 Å². The number of nitrogens with zero attached hydrogens (tertiary/aromatic N) is 1. The molecule has 2 nitrogen and oxygen atoms in total. The van der Waals surface area contributed by atoms with Gasteiger partial charge in [-0.3, -0.25) is 0 Å². The molecule has 0 bridgehead atoms.